The number of rotatable bonds is 4. The first-order chi connectivity index (χ1) is 9.10. The van der Waals surface area contributed by atoms with E-state index in [0.717, 1.165) is 32.8 Å². The molecule has 19 heavy (non-hydrogen) atoms. The van der Waals surface area contributed by atoms with E-state index in [4.69, 9.17) is 0 Å². The number of aromatic nitrogens is 1. The van der Waals surface area contributed by atoms with Gasteiger partial charge in [0.2, 0.25) is 0 Å². The highest BCUT2D eigenvalue weighted by molar-refractivity contribution is 9.10. The Morgan fingerprint density at radius 1 is 1.21 bits per heavy atom. The van der Waals surface area contributed by atoms with Crippen molar-refractivity contribution >= 4 is 33.0 Å². The molecule has 2 N–H and O–H groups in total. The molecule has 1 aromatic carbocycles. The molecule has 3 nitrogen and oxygen atoms in total. The third kappa shape index (κ3) is 3.35. The van der Waals surface area contributed by atoms with Crippen LogP contribution in [0, 0.1) is 6.92 Å². The van der Waals surface area contributed by atoms with Gasteiger partial charge in [-0.3, -0.25) is 4.98 Å². The van der Waals surface area contributed by atoms with Gasteiger partial charge in [0, 0.05) is 34.2 Å². The summed E-state index contributed by atoms with van der Waals surface area (Å²) in [4.78, 5) is 4.36. The highest BCUT2D eigenvalue weighted by atomic mass is 79.9. The van der Waals surface area contributed by atoms with Gasteiger partial charge in [0.15, 0.2) is 0 Å². The van der Waals surface area contributed by atoms with Crippen LogP contribution < -0.4 is 10.6 Å². The molecule has 98 valence electrons. The molecule has 2 rings (SSSR count). The lowest BCUT2D eigenvalue weighted by Crippen LogP contribution is -2.02. The summed E-state index contributed by atoms with van der Waals surface area (Å²) in [5.74, 6) is 0. The fraction of sp³-hybridized carbons (Fsp3) is 0.133. The van der Waals surface area contributed by atoms with E-state index in [1.807, 2.05) is 50.5 Å². The van der Waals surface area contributed by atoms with Crippen LogP contribution in [0.15, 0.2) is 47.6 Å². The molecule has 1 heterocycles. The Labute approximate surface area is 121 Å². The summed E-state index contributed by atoms with van der Waals surface area (Å²) in [7, 11) is 1.88. The molecule has 0 aliphatic rings. The van der Waals surface area contributed by atoms with Gasteiger partial charge < -0.3 is 10.6 Å². The Hall–Kier alpha value is -1.81. The van der Waals surface area contributed by atoms with E-state index in [-0.39, 0.29) is 0 Å². The van der Waals surface area contributed by atoms with Crippen LogP contribution in [-0.2, 0) is 0 Å². The fourth-order valence-corrected chi connectivity index (χ4v) is 2.01. The molecule has 0 atom stereocenters. The molecule has 0 bridgehead atoms. The third-order valence-corrected chi connectivity index (χ3v) is 3.37. The quantitative estimate of drug-likeness (QED) is 0.883. The zero-order valence-electron chi connectivity index (χ0n) is 11.0. The molecule has 0 radical (unpaired) electrons. The summed E-state index contributed by atoms with van der Waals surface area (Å²) >= 11 is 3.42. The monoisotopic (exact) mass is 317 g/mol. The SMILES string of the molecule is C=C(Nc1ccc(Br)cc1)c1cc(NC)cnc1C. The van der Waals surface area contributed by atoms with E-state index >= 15 is 0 Å². The first-order valence-corrected chi connectivity index (χ1v) is 6.75. The first-order valence-electron chi connectivity index (χ1n) is 5.96. The van der Waals surface area contributed by atoms with Gasteiger partial charge in [-0.15, -0.1) is 0 Å². The first kappa shape index (κ1) is 13.6. The van der Waals surface area contributed by atoms with Crippen LogP contribution in [0.3, 0.4) is 0 Å². The van der Waals surface area contributed by atoms with E-state index in [9.17, 15) is 0 Å². The largest absolute Gasteiger partial charge is 0.387 e. The number of anilines is 2. The zero-order valence-corrected chi connectivity index (χ0v) is 12.6. The van der Waals surface area contributed by atoms with Crippen LogP contribution >= 0.6 is 15.9 Å². The number of hydrogen-bond donors (Lipinski definition) is 2. The van der Waals surface area contributed by atoms with Gasteiger partial charge >= 0.3 is 0 Å². The minimum Gasteiger partial charge on any atom is -0.387 e. The predicted octanol–water partition coefficient (Wildman–Crippen LogP) is 4.28. The summed E-state index contributed by atoms with van der Waals surface area (Å²) in [6.45, 7) is 6.06. The lowest BCUT2D eigenvalue weighted by molar-refractivity contribution is 1.18. The molecule has 0 aliphatic carbocycles. The Morgan fingerprint density at radius 2 is 1.89 bits per heavy atom. The van der Waals surface area contributed by atoms with Crippen molar-refractivity contribution in [3.8, 4) is 0 Å². The number of halogens is 1. The van der Waals surface area contributed by atoms with Crippen molar-refractivity contribution in [2.75, 3.05) is 17.7 Å². The van der Waals surface area contributed by atoms with Crippen molar-refractivity contribution in [1.82, 2.24) is 4.98 Å². The second-order valence-electron chi connectivity index (χ2n) is 4.22. The van der Waals surface area contributed by atoms with Crippen molar-refractivity contribution in [2.24, 2.45) is 0 Å². The van der Waals surface area contributed by atoms with Crippen LogP contribution in [0.4, 0.5) is 11.4 Å². The summed E-state index contributed by atoms with van der Waals surface area (Å²) in [5.41, 5.74) is 4.77. The third-order valence-electron chi connectivity index (χ3n) is 2.84. The molecule has 2 aromatic rings. The van der Waals surface area contributed by atoms with Crippen molar-refractivity contribution in [3.05, 3.63) is 58.8 Å². The highest BCUT2D eigenvalue weighted by Crippen LogP contribution is 2.22. The van der Waals surface area contributed by atoms with Gasteiger partial charge in [0.05, 0.1) is 11.9 Å². The number of hydrogen-bond acceptors (Lipinski definition) is 3. The number of nitrogens with zero attached hydrogens (tertiary/aromatic N) is 1. The maximum absolute atomic E-state index is 4.36. The maximum atomic E-state index is 4.36. The van der Waals surface area contributed by atoms with Gasteiger partial charge in [-0.05, 0) is 37.3 Å². The number of aryl methyl sites for hydroxylation is 1. The molecule has 0 saturated carbocycles. The zero-order chi connectivity index (χ0) is 13.8. The van der Waals surface area contributed by atoms with Crippen molar-refractivity contribution in [1.29, 1.82) is 0 Å². The van der Waals surface area contributed by atoms with Crippen LogP contribution in [-0.4, -0.2) is 12.0 Å². The summed E-state index contributed by atoms with van der Waals surface area (Å²) in [6, 6.07) is 10.0. The van der Waals surface area contributed by atoms with Gasteiger partial charge in [-0.2, -0.15) is 0 Å². The fourth-order valence-electron chi connectivity index (χ4n) is 1.75. The summed E-state index contributed by atoms with van der Waals surface area (Å²) in [5, 5.41) is 6.38. The molecular formula is C15H16BrN3. The van der Waals surface area contributed by atoms with E-state index < -0.39 is 0 Å². The Balaban J connectivity index is 2.22. The molecule has 0 saturated heterocycles. The van der Waals surface area contributed by atoms with Gasteiger partial charge in [0.25, 0.3) is 0 Å². The predicted molar refractivity (Wildman–Crippen MR) is 85.3 cm³/mol. The Morgan fingerprint density at radius 3 is 2.53 bits per heavy atom. The molecule has 0 spiro atoms. The van der Waals surface area contributed by atoms with Crippen molar-refractivity contribution in [2.45, 2.75) is 6.92 Å². The standard InChI is InChI=1S/C15H16BrN3/c1-10-15(8-14(17-3)9-18-10)11(2)19-13-6-4-12(16)5-7-13/h4-9,17,19H,2H2,1,3H3. The molecule has 0 fully saturated rings. The average molecular weight is 318 g/mol. The second kappa shape index (κ2) is 5.89. The second-order valence-corrected chi connectivity index (χ2v) is 5.13. The number of benzene rings is 1. The lowest BCUT2D eigenvalue weighted by Gasteiger charge is -2.13. The maximum Gasteiger partial charge on any atom is 0.0531 e. The van der Waals surface area contributed by atoms with Crippen LogP contribution in [0.2, 0.25) is 0 Å². The van der Waals surface area contributed by atoms with Crippen LogP contribution in [0.1, 0.15) is 11.3 Å². The van der Waals surface area contributed by atoms with E-state index in [1.165, 1.54) is 0 Å². The number of nitrogens with one attached hydrogen (secondary N) is 2. The van der Waals surface area contributed by atoms with E-state index in [1.54, 1.807) is 0 Å². The molecule has 0 amide bonds. The Bertz CT molecular complexity index is 591. The molecule has 1 aromatic heterocycles. The minimum atomic E-state index is 0.837. The van der Waals surface area contributed by atoms with Crippen molar-refractivity contribution in [3.63, 3.8) is 0 Å². The average Bonchev–Trinajstić information content (AvgIpc) is 2.42. The van der Waals surface area contributed by atoms with Gasteiger partial charge in [-0.25, -0.2) is 0 Å². The van der Waals surface area contributed by atoms with E-state index in [0.29, 0.717) is 0 Å². The molecule has 0 aliphatic heterocycles. The minimum absolute atomic E-state index is 0.837. The lowest BCUT2D eigenvalue weighted by atomic mass is 10.1. The van der Waals surface area contributed by atoms with Crippen LogP contribution in [0.5, 0.6) is 0 Å². The van der Waals surface area contributed by atoms with E-state index in [2.05, 4.69) is 38.1 Å². The van der Waals surface area contributed by atoms with Gasteiger partial charge in [0.1, 0.15) is 0 Å². The highest BCUT2D eigenvalue weighted by Gasteiger charge is 2.06. The molecular weight excluding hydrogens is 302 g/mol. The molecule has 0 unspecified atom stereocenters. The number of pyridine rings is 1. The van der Waals surface area contributed by atoms with Gasteiger partial charge in [-0.1, -0.05) is 22.5 Å². The summed E-state index contributed by atoms with van der Waals surface area (Å²) in [6.07, 6.45) is 1.81. The molecule has 4 heteroatoms. The normalized spacial score (nSPS) is 10.1. The topological polar surface area (TPSA) is 37.0 Å². The summed E-state index contributed by atoms with van der Waals surface area (Å²) < 4.78 is 1.05. The van der Waals surface area contributed by atoms with Crippen molar-refractivity contribution < 1.29 is 0 Å². The Kier molecular flexibility index (Phi) is 4.22. The van der Waals surface area contributed by atoms with Crippen LogP contribution in [0.25, 0.3) is 5.70 Å². The smallest absolute Gasteiger partial charge is 0.0531 e.